The van der Waals surface area contributed by atoms with E-state index in [1.54, 1.807) is 0 Å². The second-order valence-electron chi connectivity index (χ2n) is 13.2. The van der Waals surface area contributed by atoms with Crippen LogP contribution in [0.15, 0.2) is 114 Å². The Morgan fingerprint density at radius 3 is 2.31 bits per heavy atom. The van der Waals surface area contributed by atoms with Crippen LogP contribution in [0.2, 0.25) is 17.3 Å². The van der Waals surface area contributed by atoms with Crippen LogP contribution in [0.3, 0.4) is 0 Å². The molecule has 0 amide bonds. The number of hydrogen-bond donors (Lipinski definition) is 0. The van der Waals surface area contributed by atoms with Crippen molar-refractivity contribution in [3.8, 4) is 33.6 Å². The summed E-state index contributed by atoms with van der Waals surface area (Å²) in [5.41, 5.74) is 7.70. The van der Waals surface area contributed by atoms with Gasteiger partial charge in [-0.1, -0.05) is 65.5 Å². The molecular formula is C42H39FGeIrN2O-2. The van der Waals surface area contributed by atoms with Gasteiger partial charge in [0.25, 0.3) is 0 Å². The maximum atomic E-state index is 14.5. The maximum Gasteiger partial charge on any atom is 0.120 e. The van der Waals surface area contributed by atoms with Gasteiger partial charge in [-0.15, -0.1) is 18.2 Å². The molecule has 0 unspecified atom stereocenters. The minimum Gasteiger partial charge on any atom is -0.501 e. The topological polar surface area (TPSA) is 38.9 Å². The third-order valence-corrected chi connectivity index (χ3v) is 12.4. The molecule has 0 N–H and O–H groups in total. The van der Waals surface area contributed by atoms with E-state index in [0.717, 1.165) is 51.2 Å². The summed E-state index contributed by atoms with van der Waals surface area (Å²) in [6, 6.07) is 37.0. The SMILES string of the molecule is [2H]C([2H])([2H])c1c[c-]c(-c2cc(CC(C)C)[c]([Ge]([CH3])([CH3])[CH3])cn2)c(F)c1.[Ir].[c-]1ccc2c(oc3ccccc32)c1-c1cc(-c2ccccc2)ccn1. The minimum atomic E-state index is -2.34. The molecule has 3 heterocycles. The van der Waals surface area contributed by atoms with Crippen molar-refractivity contribution in [2.45, 2.75) is 44.4 Å². The number of benzene rings is 4. The fraction of sp³-hybridized carbons (Fsp3) is 0.190. The maximum absolute atomic E-state index is 14.5. The first-order valence-electron chi connectivity index (χ1n) is 17.3. The predicted molar refractivity (Wildman–Crippen MR) is 196 cm³/mol. The zero-order valence-electron chi connectivity index (χ0n) is 30.7. The van der Waals surface area contributed by atoms with Crippen molar-refractivity contribution in [1.29, 1.82) is 0 Å². The van der Waals surface area contributed by atoms with E-state index >= 15 is 0 Å². The van der Waals surface area contributed by atoms with Crippen LogP contribution in [0.4, 0.5) is 4.39 Å². The Bertz CT molecular complexity index is 2280. The zero-order chi connectivity index (χ0) is 35.6. The zero-order valence-corrected chi connectivity index (χ0v) is 32.2. The van der Waals surface area contributed by atoms with Crippen molar-refractivity contribution in [2.75, 3.05) is 0 Å². The van der Waals surface area contributed by atoms with Crippen molar-refractivity contribution in [3.63, 3.8) is 0 Å². The third kappa shape index (κ3) is 7.86. The molecule has 0 fully saturated rings. The number of hydrogen-bond acceptors (Lipinski definition) is 3. The molecule has 0 saturated carbocycles. The second kappa shape index (κ2) is 15.1. The number of furan rings is 1. The van der Waals surface area contributed by atoms with Gasteiger partial charge in [0.1, 0.15) is 5.58 Å². The standard InChI is InChI=1S/C23H14NO.C19H25FGeN.Ir/c1-2-7-16(8-3-1)17-13-14-24-21(15-17)20-11-6-10-19-18-9-4-5-12-22(18)25-23(19)20;1-13(2)9-15-11-19(22-12-18(15)21(4,5)6)16-8-7-14(3)10-17(16)20;/h1-10,12-15H;7,10-13H,9H2,1-6H3;/q2*-1;/i;3D3;. The average molecular weight is 875 g/mol. The summed E-state index contributed by atoms with van der Waals surface area (Å²) in [4.78, 5) is 9.04. The van der Waals surface area contributed by atoms with Crippen molar-refractivity contribution in [3.05, 3.63) is 139 Å². The molecule has 0 spiro atoms. The first-order valence-corrected chi connectivity index (χ1v) is 23.2. The monoisotopic (exact) mass is 876 g/mol. The Balaban J connectivity index is 0.000000194. The first-order chi connectivity index (χ1) is 23.8. The van der Waals surface area contributed by atoms with Crippen LogP contribution in [-0.4, -0.2) is 23.2 Å². The summed E-state index contributed by atoms with van der Waals surface area (Å²) in [7, 11) is 0. The van der Waals surface area contributed by atoms with Gasteiger partial charge in [-0.3, -0.25) is 0 Å². The van der Waals surface area contributed by atoms with Crippen molar-refractivity contribution in [2.24, 2.45) is 5.92 Å². The summed E-state index contributed by atoms with van der Waals surface area (Å²) >= 11 is -2.08. The minimum absolute atomic E-state index is 0. The molecule has 0 atom stereocenters. The van der Waals surface area contributed by atoms with Gasteiger partial charge in [-0.05, 0) is 29.0 Å². The summed E-state index contributed by atoms with van der Waals surface area (Å²) in [6.07, 6.45) is 4.65. The molecule has 0 aliphatic carbocycles. The van der Waals surface area contributed by atoms with Gasteiger partial charge in [-0.25, -0.2) is 0 Å². The van der Waals surface area contributed by atoms with Crippen LogP contribution in [0.5, 0.6) is 0 Å². The van der Waals surface area contributed by atoms with E-state index in [-0.39, 0.29) is 31.2 Å². The smallest absolute Gasteiger partial charge is 0.120 e. The molecule has 7 aromatic rings. The quantitative estimate of drug-likeness (QED) is 0.123. The molecule has 3 nitrogen and oxygen atoms in total. The largest absolute Gasteiger partial charge is 0.501 e. The molecule has 48 heavy (non-hydrogen) atoms. The van der Waals surface area contributed by atoms with Crippen molar-refractivity contribution in [1.82, 2.24) is 9.97 Å². The van der Waals surface area contributed by atoms with E-state index in [0.29, 0.717) is 11.6 Å². The molecule has 3 aromatic heterocycles. The molecule has 4 aromatic carbocycles. The average Bonchev–Trinajstić information content (AvgIpc) is 3.47. The Morgan fingerprint density at radius 1 is 0.833 bits per heavy atom. The van der Waals surface area contributed by atoms with Gasteiger partial charge >= 0.3 is 140 Å². The number of rotatable bonds is 6. The molecule has 0 bridgehead atoms. The summed E-state index contributed by atoms with van der Waals surface area (Å²) < 4.78 is 44.1. The number of pyridine rings is 2. The van der Waals surface area contributed by atoms with E-state index in [4.69, 9.17) is 8.53 Å². The molecule has 245 valence electrons. The normalized spacial score (nSPS) is 12.5. The summed E-state index contributed by atoms with van der Waals surface area (Å²) in [6.45, 7) is 1.99. The second-order valence-corrected chi connectivity index (χ2v) is 23.7. The van der Waals surface area contributed by atoms with E-state index in [1.165, 1.54) is 21.6 Å². The fourth-order valence-electron chi connectivity index (χ4n) is 5.84. The Morgan fingerprint density at radius 2 is 1.58 bits per heavy atom. The van der Waals surface area contributed by atoms with E-state index in [9.17, 15) is 4.39 Å². The molecule has 7 rings (SSSR count). The van der Waals surface area contributed by atoms with Crippen molar-refractivity contribution >= 4 is 39.6 Å². The van der Waals surface area contributed by atoms with Crippen LogP contribution in [0.25, 0.3) is 55.6 Å². The molecule has 0 saturated heterocycles. The van der Waals surface area contributed by atoms with Crippen molar-refractivity contribution < 1.29 is 33.0 Å². The van der Waals surface area contributed by atoms with Gasteiger partial charge in [0, 0.05) is 31.7 Å². The van der Waals surface area contributed by atoms with Crippen LogP contribution >= 0.6 is 0 Å². The molecule has 1 radical (unpaired) electrons. The van der Waals surface area contributed by atoms with Crippen LogP contribution in [0.1, 0.15) is 29.1 Å². The van der Waals surface area contributed by atoms with E-state index in [2.05, 4.69) is 77.5 Å². The number of aromatic nitrogens is 2. The molecule has 0 aliphatic heterocycles. The number of fused-ring (bicyclic) bond motifs is 3. The Kier molecular flexibility index (Phi) is 9.88. The molecule has 0 aliphatic rings. The van der Waals surface area contributed by atoms with Gasteiger partial charge in [0.05, 0.1) is 5.58 Å². The predicted octanol–water partition coefficient (Wildman–Crippen LogP) is 10.9. The van der Waals surface area contributed by atoms with Gasteiger partial charge in [-0.2, -0.15) is 0 Å². The van der Waals surface area contributed by atoms with Gasteiger partial charge < -0.3 is 9.40 Å². The van der Waals surface area contributed by atoms with Crippen LogP contribution < -0.4 is 4.40 Å². The first kappa shape index (κ1) is 31.4. The number of para-hydroxylation sites is 1. The number of aryl methyl sites for hydroxylation is 1. The number of nitrogens with zero attached hydrogens (tertiary/aromatic N) is 2. The van der Waals surface area contributed by atoms with Crippen LogP contribution in [0, 0.1) is 30.7 Å². The fourth-order valence-corrected chi connectivity index (χ4v) is 9.18. The van der Waals surface area contributed by atoms with Gasteiger partial charge in [0.2, 0.25) is 0 Å². The molecular weight excluding hydrogens is 832 g/mol. The Labute approximate surface area is 303 Å². The summed E-state index contributed by atoms with van der Waals surface area (Å²) in [5.74, 6) is 6.85. The van der Waals surface area contributed by atoms with Crippen LogP contribution in [-0.2, 0) is 26.5 Å². The van der Waals surface area contributed by atoms with E-state index < -0.39 is 25.9 Å². The van der Waals surface area contributed by atoms with Gasteiger partial charge in [0.15, 0.2) is 0 Å². The third-order valence-electron chi connectivity index (χ3n) is 8.04. The number of halogens is 1. The summed E-state index contributed by atoms with van der Waals surface area (Å²) in [5, 5.41) is 2.21. The Hall–Kier alpha value is -3.90. The molecule has 6 heteroatoms. The van der Waals surface area contributed by atoms with E-state index in [1.807, 2.05) is 73.1 Å².